The van der Waals surface area contributed by atoms with Crippen LogP contribution in [0.4, 0.5) is 0 Å². The summed E-state index contributed by atoms with van der Waals surface area (Å²) in [4.78, 5) is 0. The standard InChI is InChI=1S/C15H24/c1-10(2)13-8-6-12(4)14-7-5-11(3)9-15(13)14/h10,13-15H,3-9H2,1-2H3/t13-,14+,15+/m0/s1. The molecule has 0 amide bonds. The third-order valence-corrected chi connectivity index (χ3v) is 4.58. The van der Waals surface area contributed by atoms with Gasteiger partial charge in [-0.15, -0.1) is 0 Å². The lowest BCUT2D eigenvalue weighted by molar-refractivity contribution is 0.131. The van der Waals surface area contributed by atoms with Crippen LogP contribution >= 0.6 is 0 Å². The molecule has 0 aromatic carbocycles. The lowest BCUT2D eigenvalue weighted by atomic mass is 9.60. The lowest BCUT2D eigenvalue weighted by Gasteiger charge is -2.45. The molecule has 0 aromatic rings. The largest absolute Gasteiger partial charge is 0.0999 e. The molecule has 84 valence electrons. The predicted molar refractivity (Wildman–Crippen MR) is 66.7 cm³/mol. The molecule has 0 nitrogen and oxygen atoms in total. The molecule has 0 unspecified atom stereocenters. The van der Waals surface area contributed by atoms with E-state index in [2.05, 4.69) is 27.0 Å². The average Bonchev–Trinajstić information content (AvgIpc) is 2.17. The van der Waals surface area contributed by atoms with Crippen molar-refractivity contribution in [2.45, 2.75) is 46.0 Å². The summed E-state index contributed by atoms with van der Waals surface area (Å²) in [6, 6.07) is 0. The number of allylic oxidation sites excluding steroid dienone is 2. The van der Waals surface area contributed by atoms with Crippen molar-refractivity contribution >= 4 is 0 Å². The maximum absolute atomic E-state index is 4.29. The number of hydrogen-bond acceptors (Lipinski definition) is 0. The number of hydrogen-bond donors (Lipinski definition) is 0. The van der Waals surface area contributed by atoms with E-state index in [-0.39, 0.29) is 0 Å². The summed E-state index contributed by atoms with van der Waals surface area (Å²) < 4.78 is 0. The first-order chi connectivity index (χ1) is 7.09. The fourth-order valence-electron chi connectivity index (χ4n) is 3.69. The van der Waals surface area contributed by atoms with Crippen LogP contribution in [0.1, 0.15) is 46.0 Å². The molecule has 2 saturated carbocycles. The van der Waals surface area contributed by atoms with E-state index in [1.54, 1.807) is 0 Å². The van der Waals surface area contributed by atoms with Gasteiger partial charge in [0.05, 0.1) is 0 Å². The van der Waals surface area contributed by atoms with Crippen molar-refractivity contribution in [3.8, 4) is 0 Å². The van der Waals surface area contributed by atoms with Crippen molar-refractivity contribution in [3.05, 3.63) is 24.3 Å². The molecule has 0 heteroatoms. The molecule has 2 aliphatic rings. The van der Waals surface area contributed by atoms with Crippen LogP contribution in [0.25, 0.3) is 0 Å². The zero-order valence-electron chi connectivity index (χ0n) is 10.3. The monoisotopic (exact) mass is 204 g/mol. The highest BCUT2D eigenvalue weighted by Gasteiger charge is 2.38. The van der Waals surface area contributed by atoms with Crippen LogP contribution in [0.2, 0.25) is 0 Å². The fraction of sp³-hybridized carbons (Fsp3) is 0.733. The molecule has 0 bridgehead atoms. The highest BCUT2D eigenvalue weighted by atomic mass is 14.4. The van der Waals surface area contributed by atoms with Gasteiger partial charge >= 0.3 is 0 Å². The fourth-order valence-corrected chi connectivity index (χ4v) is 3.69. The Balaban J connectivity index is 2.17. The summed E-state index contributed by atoms with van der Waals surface area (Å²) in [6.45, 7) is 13.2. The summed E-state index contributed by atoms with van der Waals surface area (Å²) in [7, 11) is 0. The van der Waals surface area contributed by atoms with Gasteiger partial charge in [-0.2, -0.15) is 0 Å². The Hall–Kier alpha value is -0.520. The molecular weight excluding hydrogens is 180 g/mol. The first kappa shape index (κ1) is 11.0. The zero-order chi connectivity index (χ0) is 11.0. The molecule has 3 atom stereocenters. The molecule has 0 spiro atoms. The molecule has 2 aliphatic carbocycles. The van der Waals surface area contributed by atoms with E-state index in [0.29, 0.717) is 0 Å². The molecular formula is C15H24. The summed E-state index contributed by atoms with van der Waals surface area (Å²) in [5, 5.41) is 0. The van der Waals surface area contributed by atoms with Gasteiger partial charge in [0.15, 0.2) is 0 Å². The SMILES string of the molecule is C=C1CC[C@@H]2C(=C)CC[C@@H](C(C)C)[C@H]2C1. The highest BCUT2D eigenvalue weighted by molar-refractivity contribution is 5.15. The van der Waals surface area contributed by atoms with Gasteiger partial charge in [-0.1, -0.05) is 38.2 Å². The van der Waals surface area contributed by atoms with Gasteiger partial charge in [-0.05, 0) is 55.8 Å². The average molecular weight is 204 g/mol. The molecule has 0 heterocycles. The Morgan fingerprint density at radius 1 is 1.13 bits per heavy atom. The Morgan fingerprint density at radius 2 is 1.87 bits per heavy atom. The second-order valence-electron chi connectivity index (χ2n) is 5.87. The molecule has 0 radical (unpaired) electrons. The second-order valence-corrected chi connectivity index (χ2v) is 5.87. The number of rotatable bonds is 1. The molecule has 15 heavy (non-hydrogen) atoms. The van der Waals surface area contributed by atoms with Crippen molar-refractivity contribution in [1.29, 1.82) is 0 Å². The minimum Gasteiger partial charge on any atom is -0.0999 e. The number of fused-ring (bicyclic) bond motifs is 1. The molecule has 0 aromatic heterocycles. The van der Waals surface area contributed by atoms with E-state index in [0.717, 1.165) is 23.7 Å². The third kappa shape index (κ3) is 2.04. The topological polar surface area (TPSA) is 0 Å². The minimum atomic E-state index is 0.816. The molecule has 0 N–H and O–H groups in total. The normalized spacial score (nSPS) is 36.9. The Bertz CT molecular complexity index is 272. The smallest absolute Gasteiger partial charge is 0.0169 e. The Morgan fingerprint density at radius 3 is 2.53 bits per heavy atom. The third-order valence-electron chi connectivity index (χ3n) is 4.58. The molecule has 2 fully saturated rings. The molecule has 0 aliphatic heterocycles. The summed E-state index contributed by atoms with van der Waals surface area (Å²) in [5.74, 6) is 3.43. The van der Waals surface area contributed by atoms with E-state index in [1.165, 1.54) is 43.3 Å². The van der Waals surface area contributed by atoms with Crippen molar-refractivity contribution < 1.29 is 0 Å². The maximum atomic E-state index is 4.29. The van der Waals surface area contributed by atoms with Crippen molar-refractivity contribution in [2.75, 3.05) is 0 Å². The van der Waals surface area contributed by atoms with Crippen LogP contribution < -0.4 is 0 Å². The van der Waals surface area contributed by atoms with Gasteiger partial charge in [0.2, 0.25) is 0 Å². The summed E-state index contributed by atoms with van der Waals surface area (Å²) in [6.07, 6.45) is 6.48. The van der Waals surface area contributed by atoms with Gasteiger partial charge in [0.1, 0.15) is 0 Å². The van der Waals surface area contributed by atoms with E-state index in [9.17, 15) is 0 Å². The van der Waals surface area contributed by atoms with Crippen LogP contribution in [0, 0.1) is 23.7 Å². The van der Waals surface area contributed by atoms with Gasteiger partial charge in [-0.3, -0.25) is 0 Å². The van der Waals surface area contributed by atoms with Gasteiger partial charge in [-0.25, -0.2) is 0 Å². The zero-order valence-corrected chi connectivity index (χ0v) is 10.3. The van der Waals surface area contributed by atoms with E-state index >= 15 is 0 Å². The van der Waals surface area contributed by atoms with Crippen molar-refractivity contribution in [2.24, 2.45) is 23.7 Å². The highest BCUT2D eigenvalue weighted by Crippen LogP contribution is 2.49. The maximum Gasteiger partial charge on any atom is -0.0169 e. The van der Waals surface area contributed by atoms with Gasteiger partial charge < -0.3 is 0 Å². The molecule has 2 rings (SSSR count). The quantitative estimate of drug-likeness (QED) is 0.548. The summed E-state index contributed by atoms with van der Waals surface area (Å²) in [5.41, 5.74) is 3.01. The Kier molecular flexibility index (Phi) is 3.04. The Labute approximate surface area is 94.5 Å². The van der Waals surface area contributed by atoms with Gasteiger partial charge in [0, 0.05) is 0 Å². The minimum absolute atomic E-state index is 0.816. The lowest BCUT2D eigenvalue weighted by Crippen LogP contribution is -2.35. The second kappa shape index (κ2) is 4.15. The first-order valence-corrected chi connectivity index (χ1v) is 6.44. The van der Waals surface area contributed by atoms with Crippen molar-refractivity contribution in [1.82, 2.24) is 0 Å². The first-order valence-electron chi connectivity index (χ1n) is 6.44. The summed E-state index contributed by atoms with van der Waals surface area (Å²) >= 11 is 0. The molecule has 0 saturated heterocycles. The van der Waals surface area contributed by atoms with Gasteiger partial charge in [0.25, 0.3) is 0 Å². The van der Waals surface area contributed by atoms with Crippen LogP contribution in [0.3, 0.4) is 0 Å². The van der Waals surface area contributed by atoms with Crippen LogP contribution in [-0.4, -0.2) is 0 Å². The van der Waals surface area contributed by atoms with E-state index in [4.69, 9.17) is 0 Å². The van der Waals surface area contributed by atoms with E-state index in [1.807, 2.05) is 0 Å². The van der Waals surface area contributed by atoms with E-state index < -0.39 is 0 Å². The van der Waals surface area contributed by atoms with Crippen molar-refractivity contribution in [3.63, 3.8) is 0 Å². The van der Waals surface area contributed by atoms with Crippen LogP contribution in [0.15, 0.2) is 24.3 Å². The predicted octanol–water partition coefficient (Wildman–Crippen LogP) is 4.58. The van der Waals surface area contributed by atoms with Crippen LogP contribution in [0.5, 0.6) is 0 Å². The van der Waals surface area contributed by atoms with Crippen LogP contribution in [-0.2, 0) is 0 Å².